The van der Waals surface area contributed by atoms with E-state index in [-0.39, 0.29) is 5.97 Å². The highest BCUT2D eigenvalue weighted by Crippen LogP contribution is 2.31. The van der Waals surface area contributed by atoms with Gasteiger partial charge in [-0.3, -0.25) is 4.98 Å². The third-order valence-electron chi connectivity index (χ3n) is 3.57. The summed E-state index contributed by atoms with van der Waals surface area (Å²) in [6.45, 7) is 3.94. The van der Waals surface area contributed by atoms with E-state index in [0.717, 1.165) is 22.3 Å². The van der Waals surface area contributed by atoms with Crippen LogP contribution in [0.5, 0.6) is 11.5 Å². The van der Waals surface area contributed by atoms with Crippen molar-refractivity contribution in [2.75, 3.05) is 7.11 Å². The number of carbonyl (C=O) groups excluding carboxylic acids is 1. The van der Waals surface area contributed by atoms with Gasteiger partial charge in [0.15, 0.2) is 0 Å². The van der Waals surface area contributed by atoms with Crippen LogP contribution in [0.1, 0.15) is 21.6 Å². The standard InChI is InChI=1S/C19H17NO3/c1-12-4-7-15(8-5-12)23-18-10-13(2)20-17-9-6-14(11-16(17)18)19(21)22-3/h4-11H,1-3H3. The summed E-state index contributed by atoms with van der Waals surface area (Å²) in [6.07, 6.45) is 0. The number of ether oxygens (including phenoxy) is 2. The van der Waals surface area contributed by atoms with Gasteiger partial charge in [-0.25, -0.2) is 4.79 Å². The fourth-order valence-corrected chi connectivity index (χ4v) is 2.38. The molecule has 0 saturated carbocycles. The van der Waals surface area contributed by atoms with E-state index >= 15 is 0 Å². The Morgan fingerprint density at radius 2 is 1.74 bits per heavy atom. The Hall–Kier alpha value is -2.88. The normalized spacial score (nSPS) is 10.6. The van der Waals surface area contributed by atoms with Crippen LogP contribution in [0, 0.1) is 13.8 Å². The van der Waals surface area contributed by atoms with Crippen molar-refractivity contribution >= 4 is 16.9 Å². The molecule has 0 bridgehead atoms. The molecule has 0 aliphatic carbocycles. The first-order valence-electron chi connectivity index (χ1n) is 7.31. The zero-order valence-electron chi connectivity index (χ0n) is 13.3. The Balaban J connectivity index is 2.09. The second-order valence-corrected chi connectivity index (χ2v) is 5.40. The van der Waals surface area contributed by atoms with Crippen molar-refractivity contribution in [2.45, 2.75) is 13.8 Å². The lowest BCUT2D eigenvalue weighted by molar-refractivity contribution is 0.0601. The predicted molar refractivity (Wildman–Crippen MR) is 89.1 cm³/mol. The highest BCUT2D eigenvalue weighted by Gasteiger charge is 2.11. The minimum absolute atomic E-state index is 0.381. The number of fused-ring (bicyclic) bond motifs is 1. The number of benzene rings is 2. The van der Waals surface area contributed by atoms with Crippen LogP contribution in [-0.4, -0.2) is 18.1 Å². The molecule has 23 heavy (non-hydrogen) atoms. The fourth-order valence-electron chi connectivity index (χ4n) is 2.38. The zero-order valence-corrected chi connectivity index (χ0v) is 13.3. The Labute approximate surface area is 134 Å². The van der Waals surface area contributed by atoms with Crippen molar-refractivity contribution < 1.29 is 14.3 Å². The summed E-state index contributed by atoms with van der Waals surface area (Å²) in [5.41, 5.74) is 3.27. The van der Waals surface area contributed by atoms with Crippen molar-refractivity contribution in [2.24, 2.45) is 0 Å². The van der Waals surface area contributed by atoms with E-state index in [9.17, 15) is 4.79 Å². The van der Waals surface area contributed by atoms with E-state index in [1.54, 1.807) is 18.2 Å². The molecule has 0 spiro atoms. The Kier molecular flexibility index (Phi) is 3.98. The fraction of sp³-hybridized carbons (Fsp3) is 0.158. The number of aryl methyl sites for hydroxylation is 2. The van der Waals surface area contributed by atoms with Gasteiger partial charge in [-0.1, -0.05) is 17.7 Å². The molecule has 1 heterocycles. The molecule has 0 radical (unpaired) electrons. The van der Waals surface area contributed by atoms with Crippen molar-refractivity contribution in [3.05, 3.63) is 65.4 Å². The van der Waals surface area contributed by atoms with Crippen LogP contribution in [0.15, 0.2) is 48.5 Å². The summed E-state index contributed by atoms with van der Waals surface area (Å²) >= 11 is 0. The van der Waals surface area contributed by atoms with E-state index in [1.165, 1.54) is 12.7 Å². The van der Waals surface area contributed by atoms with Crippen LogP contribution < -0.4 is 4.74 Å². The van der Waals surface area contributed by atoms with Gasteiger partial charge in [-0.15, -0.1) is 0 Å². The van der Waals surface area contributed by atoms with Gasteiger partial charge >= 0.3 is 5.97 Å². The maximum absolute atomic E-state index is 11.7. The van der Waals surface area contributed by atoms with Crippen LogP contribution >= 0.6 is 0 Å². The largest absolute Gasteiger partial charge is 0.465 e. The highest BCUT2D eigenvalue weighted by atomic mass is 16.5. The van der Waals surface area contributed by atoms with Crippen LogP contribution in [0.2, 0.25) is 0 Å². The first-order valence-corrected chi connectivity index (χ1v) is 7.31. The van der Waals surface area contributed by atoms with Gasteiger partial charge in [-0.05, 0) is 44.2 Å². The Morgan fingerprint density at radius 1 is 1.00 bits per heavy atom. The molecule has 4 heteroatoms. The van der Waals surface area contributed by atoms with Crippen LogP contribution in [0.3, 0.4) is 0 Å². The SMILES string of the molecule is COC(=O)c1ccc2nc(C)cc(Oc3ccc(C)cc3)c2c1. The molecular weight excluding hydrogens is 290 g/mol. The van der Waals surface area contributed by atoms with Gasteiger partial charge in [0.05, 0.1) is 18.2 Å². The smallest absolute Gasteiger partial charge is 0.337 e. The first-order chi connectivity index (χ1) is 11.1. The molecule has 4 nitrogen and oxygen atoms in total. The Morgan fingerprint density at radius 3 is 2.43 bits per heavy atom. The summed E-state index contributed by atoms with van der Waals surface area (Å²) in [7, 11) is 1.36. The van der Waals surface area contributed by atoms with E-state index in [2.05, 4.69) is 4.98 Å². The molecule has 0 fully saturated rings. The minimum Gasteiger partial charge on any atom is -0.465 e. The maximum Gasteiger partial charge on any atom is 0.337 e. The predicted octanol–water partition coefficient (Wildman–Crippen LogP) is 4.43. The number of carbonyl (C=O) groups is 1. The maximum atomic E-state index is 11.7. The minimum atomic E-state index is -0.381. The third-order valence-corrected chi connectivity index (χ3v) is 3.57. The molecule has 0 atom stereocenters. The summed E-state index contributed by atoms with van der Waals surface area (Å²) in [4.78, 5) is 16.2. The van der Waals surface area contributed by atoms with E-state index in [4.69, 9.17) is 9.47 Å². The molecule has 116 valence electrons. The summed E-state index contributed by atoms with van der Waals surface area (Å²) < 4.78 is 10.8. The number of nitrogens with zero attached hydrogens (tertiary/aromatic N) is 1. The molecule has 1 aromatic heterocycles. The molecule has 0 unspecified atom stereocenters. The van der Waals surface area contributed by atoms with E-state index in [0.29, 0.717) is 11.3 Å². The van der Waals surface area contributed by atoms with Crippen molar-refractivity contribution in [3.63, 3.8) is 0 Å². The second kappa shape index (κ2) is 6.08. The molecular formula is C19H17NO3. The van der Waals surface area contributed by atoms with Gasteiger partial charge < -0.3 is 9.47 Å². The summed E-state index contributed by atoms with van der Waals surface area (Å²) in [5.74, 6) is 1.03. The molecule has 0 amide bonds. The van der Waals surface area contributed by atoms with E-state index < -0.39 is 0 Å². The average Bonchev–Trinajstić information content (AvgIpc) is 2.55. The van der Waals surface area contributed by atoms with Crippen LogP contribution in [0.4, 0.5) is 0 Å². The van der Waals surface area contributed by atoms with Gasteiger partial charge in [-0.2, -0.15) is 0 Å². The zero-order chi connectivity index (χ0) is 16.4. The van der Waals surface area contributed by atoms with Gasteiger partial charge in [0.2, 0.25) is 0 Å². The molecule has 3 rings (SSSR count). The summed E-state index contributed by atoms with van der Waals surface area (Å²) in [6, 6.07) is 14.9. The number of hydrogen-bond acceptors (Lipinski definition) is 4. The lowest BCUT2D eigenvalue weighted by Crippen LogP contribution is -2.01. The number of pyridine rings is 1. The topological polar surface area (TPSA) is 48.4 Å². The van der Waals surface area contributed by atoms with Gasteiger partial charge in [0.1, 0.15) is 11.5 Å². The number of hydrogen-bond donors (Lipinski definition) is 0. The third kappa shape index (κ3) is 3.16. The average molecular weight is 307 g/mol. The molecule has 2 aromatic carbocycles. The molecule has 0 N–H and O–H groups in total. The summed E-state index contributed by atoms with van der Waals surface area (Å²) in [5, 5.41) is 0.777. The molecule has 3 aromatic rings. The monoisotopic (exact) mass is 307 g/mol. The van der Waals surface area contributed by atoms with Crippen molar-refractivity contribution in [1.82, 2.24) is 4.98 Å². The van der Waals surface area contributed by atoms with Crippen molar-refractivity contribution in [1.29, 1.82) is 0 Å². The molecule has 0 saturated heterocycles. The lowest BCUT2D eigenvalue weighted by Gasteiger charge is -2.11. The first kappa shape index (κ1) is 15.0. The van der Waals surface area contributed by atoms with Crippen molar-refractivity contribution in [3.8, 4) is 11.5 Å². The van der Waals surface area contributed by atoms with Crippen LogP contribution in [0.25, 0.3) is 10.9 Å². The molecule has 0 aliphatic heterocycles. The lowest BCUT2D eigenvalue weighted by atomic mass is 10.1. The number of methoxy groups -OCH3 is 1. The Bertz CT molecular complexity index is 870. The number of rotatable bonds is 3. The van der Waals surface area contributed by atoms with Gasteiger partial charge in [0.25, 0.3) is 0 Å². The highest BCUT2D eigenvalue weighted by molar-refractivity contribution is 5.96. The quantitative estimate of drug-likeness (QED) is 0.672. The van der Waals surface area contributed by atoms with Gasteiger partial charge in [0, 0.05) is 17.1 Å². The van der Waals surface area contributed by atoms with E-state index in [1.807, 2.05) is 44.2 Å². The second-order valence-electron chi connectivity index (χ2n) is 5.40. The molecule has 0 aliphatic rings. The van der Waals surface area contributed by atoms with Crippen LogP contribution in [-0.2, 0) is 4.74 Å². The number of aromatic nitrogens is 1. The number of esters is 1.